The number of halogens is 1. The molecule has 0 aliphatic heterocycles. The summed E-state index contributed by atoms with van der Waals surface area (Å²) in [6.45, 7) is 0.264. The summed E-state index contributed by atoms with van der Waals surface area (Å²) in [6.07, 6.45) is 2.84. The van der Waals surface area contributed by atoms with Gasteiger partial charge < -0.3 is 9.15 Å². The lowest BCUT2D eigenvalue weighted by Crippen LogP contribution is -2.01. The monoisotopic (exact) mass is 314 g/mol. The van der Waals surface area contributed by atoms with Crippen LogP contribution in [0.15, 0.2) is 28.7 Å². The summed E-state index contributed by atoms with van der Waals surface area (Å²) >= 11 is 0. The Hall–Kier alpha value is -2.54. The van der Waals surface area contributed by atoms with E-state index < -0.39 is 0 Å². The van der Waals surface area contributed by atoms with Gasteiger partial charge in [-0.15, -0.1) is 10.2 Å². The van der Waals surface area contributed by atoms with Crippen LogP contribution in [0.2, 0.25) is 0 Å². The average molecular weight is 314 g/mol. The van der Waals surface area contributed by atoms with E-state index in [-0.39, 0.29) is 12.4 Å². The third-order valence-electron chi connectivity index (χ3n) is 3.92. The highest BCUT2D eigenvalue weighted by Gasteiger charge is 2.27. The molecule has 0 bridgehead atoms. The number of ether oxygens (including phenoxy) is 1. The molecule has 0 saturated heterocycles. The second-order valence-corrected chi connectivity index (χ2v) is 5.45. The van der Waals surface area contributed by atoms with Gasteiger partial charge >= 0.3 is 0 Å². The average Bonchev–Trinajstić information content (AvgIpc) is 3.23. The molecule has 0 amide bonds. The van der Waals surface area contributed by atoms with Gasteiger partial charge in [-0.25, -0.2) is 9.07 Å². The Kier molecular flexibility index (Phi) is 3.42. The fraction of sp³-hybridized carbons (Fsp3) is 0.312. The van der Waals surface area contributed by atoms with E-state index in [0.29, 0.717) is 23.2 Å². The molecule has 0 N–H and O–H groups in total. The largest absolute Gasteiger partial charge is 0.417 e. The van der Waals surface area contributed by atoms with E-state index in [1.165, 1.54) is 12.1 Å². The molecule has 4 rings (SSSR count). The van der Waals surface area contributed by atoms with E-state index >= 15 is 0 Å². The standard InChI is InChI=1S/C16H15FN4O2/c1-22-9-14-18-19-16(23-14)15-12-6-3-7-13(12)21(20-15)11-5-2-4-10(17)8-11/h2,4-5,8H,3,6-7,9H2,1H3. The maximum absolute atomic E-state index is 13.5. The van der Waals surface area contributed by atoms with Crippen molar-refractivity contribution in [1.82, 2.24) is 20.0 Å². The van der Waals surface area contributed by atoms with Gasteiger partial charge in [0.1, 0.15) is 12.4 Å². The molecule has 0 atom stereocenters. The Morgan fingerprint density at radius 2 is 2.22 bits per heavy atom. The summed E-state index contributed by atoms with van der Waals surface area (Å²) in [5.74, 6) is 0.506. The number of hydrogen-bond donors (Lipinski definition) is 0. The summed E-state index contributed by atoms with van der Waals surface area (Å²) in [6, 6.07) is 6.40. The minimum absolute atomic E-state index is 0.264. The van der Waals surface area contributed by atoms with E-state index in [0.717, 1.165) is 30.5 Å². The first-order valence-electron chi connectivity index (χ1n) is 7.44. The van der Waals surface area contributed by atoms with Gasteiger partial charge in [-0.2, -0.15) is 5.10 Å². The predicted octanol–water partition coefficient (Wildman–Crippen LogP) is 2.70. The van der Waals surface area contributed by atoms with E-state index in [1.807, 2.05) is 6.07 Å². The van der Waals surface area contributed by atoms with Crippen molar-refractivity contribution in [1.29, 1.82) is 0 Å². The number of aromatic nitrogens is 4. The van der Waals surface area contributed by atoms with Crippen LogP contribution in [0.25, 0.3) is 17.3 Å². The number of hydrogen-bond acceptors (Lipinski definition) is 5. The number of rotatable bonds is 4. The van der Waals surface area contributed by atoms with E-state index in [9.17, 15) is 4.39 Å². The van der Waals surface area contributed by atoms with Crippen molar-refractivity contribution in [3.8, 4) is 17.3 Å². The van der Waals surface area contributed by atoms with Gasteiger partial charge in [0.2, 0.25) is 5.89 Å². The highest BCUT2D eigenvalue weighted by atomic mass is 19.1. The molecule has 0 saturated carbocycles. The summed E-state index contributed by atoms with van der Waals surface area (Å²) in [5.41, 5.74) is 3.56. The zero-order valence-electron chi connectivity index (χ0n) is 12.6. The second kappa shape index (κ2) is 5.58. The van der Waals surface area contributed by atoms with Crippen LogP contribution in [-0.2, 0) is 24.2 Å². The minimum atomic E-state index is -0.286. The molecule has 0 fully saturated rings. The lowest BCUT2D eigenvalue weighted by molar-refractivity contribution is 0.160. The van der Waals surface area contributed by atoms with Crippen LogP contribution in [0.1, 0.15) is 23.6 Å². The number of benzene rings is 1. The number of methoxy groups -OCH3 is 1. The van der Waals surface area contributed by atoms with E-state index in [2.05, 4.69) is 15.3 Å². The molecule has 7 heteroatoms. The molecule has 0 unspecified atom stereocenters. The Labute approximate surface area is 131 Å². The molecule has 1 aliphatic carbocycles. The normalized spacial score (nSPS) is 13.5. The van der Waals surface area contributed by atoms with Crippen molar-refractivity contribution in [2.24, 2.45) is 0 Å². The molecule has 23 heavy (non-hydrogen) atoms. The van der Waals surface area contributed by atoms with E-state index in [1.54, 1.807) is 17.9 Å². The van der Waals surface area contributed by atoms with Crippen molar-refractivity contribution in [2.75, 3.05) is 7.11 Å². The lowest BCUT2D eigenvalue weighted by atomic mass is 10.2. The maximum atomic E-state index is 13.5. The Morgan fingerprint density at radius 1 is 1.30 bits per heavy atom. The van der Waals surface area contributed by atoms with Crippen molar-refractivity contribution in [2.45, 2.75) is 25.9 Å². The molecule has 0 radical (unpaired) electrons. The Balaban J connectivity index is 1.81. The molecular weight excluding hydrogens is 299 g/mol. The molecule has 118 valence electrons. The summed E-state index contributed by atoms with van der Waals surface area (Å²) in [5, 5.41) is 12.6. The van der Waals surface area contributed by atoms with Crippen molar-refractivity contribution in [3.63, 3.8) is 0 Å². The molecular formula is C16H15FN4O2. The highest BCUT2D eigenvalue weighted by molar-refractivity contribution is 5.57. The molecule has 3 aromatic rings. The maximum Gasteiger partial charge on any atom is 0.268 e. The first-order valence-corrected chi connectivity index (χ1v) is 7.44. The van der Waals surface area contributed by atoms with Gasteiger partial charge in [-0.05, 0) is 37.5 Å². The summed E-state index contributed by atoms with van der Waals surface area (Å²) < 4.78 is 25.9. The van der Waals surface area contributed by atoms with Gasteiger partial charge in [-0.1, -0.05) is 6.07 Å². The zero-order chi connectivity index (χ0) is 15.8. The fourth-order valence-corrected chi connectivity index (χ4v) is 2.96. The molecule has 1 aliphatic rings. The van der Waals surface area contributed by atoms with Crippen molar-refractivity contribution < 1.29 is 13.5 Å². The quantitative estimate of drug-likeness (QED) is 0.741. The van der Waals surface area contributed by atoms with Crippen LogP contribution in [0.4, 0.5) is 4.39 Å². The molecule has 2 aromatic heterocycles. The first kappa shape index (κ1) is 14.1. The van der Waals surface area contributed by atoms with E-state index in [4.69, 9.17) is 9.15 Å². The highest BCUT2D eigenvalue weighted by Crippen LogP contribution is 2.33. The topological polar surface area (TPSA) is 66.0 Å². The van der Waals surface area contributed by atoms with Gasteiger partial charge in [0.15, 0.2) is 5.69 Å². The van der Waals surface area contributed by atoms with Gasteiger partial charge in [0, 0.05) is 18.4 Å². The van der Waals surface area contributed by atoms with Crippen LogP contribution in [0.3, 0.4) is 0 Å². The summed E-state index contributed by atoms with van der Waals surface area (Å²) in [4.78, 5) is 0. The summed E-state index contributed by atoms with van der Waals surface area (Å²) in [7, 11) is 1.57. The Bertz CT molecular complexity index is 856. The lowest BCUT2D eigenvalue weighted by Gasteiger charge is -2.05. The minimum Gasteiger partial charge on any atom is -0.417 e. The molecule has 1 aromatic carbocycles. The number of fused-ring (bicyclic) bond motifs is 1. The smallest absolute Gasteiger partial charge is 0.268 e. The van der Waals surface area contributed by atoms with Crippen LogP contribution in [-0.4, -0.2) is 27.1 Å². The number of nitrogens with zero attached hydrogens (tertiary/aromatic N) is 4. The SMILES string of the molecule is COCc1nnc(-c2nn(-c3cccc(F)c3)c3c2CCC3)o1. The van der Waals surface area contributed by atoms with Gasteiger partial charge in [0.05, 0.1) is 5.69 Å². The molecule has 2 heterocycles. The Morgan fingerprint density at radius 3 is 3.04 bits per heavy atom. The predicted molar refractivity (Wildman–Crippen MR) is 79.6 cm³/mol. The first-order chi connectivity index (χ1) is 11.3. The molecule has 0 spiro atoms. The van der Waals surface area contributed by atoms with Gasteiger partial charge in [-0.3, -0.25) is 0 Å². The van der Waals surface area contributed by atoms with Crippen LogP contribution in [0, 0.1) is 5.82 Å². The van der Waals surface area contributed by atoms with Crippen LogP contribution >= 0.6 is 0 Å². The fourth-order valence-electron chi connectivity index (χ4n) is 2.96. The van der Waals surface area contributed by atoms with Gasteiger partial charge in [0.25, 0.3) is 5.89 Å². The second-order valence-electron chi connectivity index (χ2n) is 5.45. The molecule has 6 nitrogen and oxygen atoms in total. The van der Waals surface area contributed by atoms with Crippen LogP contribution < -0.4 is 0 Å². The van der Waals surface area contributed by atoms with Crippen molar-refractivity contribution >= 4 is 0 Å². The third kappa shape index (κ3) is 2.43. The van der Waals surface area contributed by atoms with Crippen molar-refractivity contribution in [3.05, 3.63) is 47.2 Å². The zero-order valence-corrected chi connectivity index (χ0v) is 12.6. The van der Waals surface area contributed by atoms with Crippen LogP contribution in [0.5, 0.6) is 0 Å². The third-order valence-corrected chi connectivity index (χ3v) is 3.92.